The Morgan fingerprint density at radius 3 is 2.67 bits per heavy atom. The molecule has 0 atom stereocenters. The van der Waals surface area contributed by atoms with Gasteiger partial charge in [0, 0.05) is 10.7 Å². The van der Waals surface area contributed by atoms with Crippen molar-refractivity contribution in [1.82, 2.24) is 4.98 Å². The van der Waals surface area contributed by atoms with Gasteiger partial charge in [-0.25, -0.2) is 9.78 Å². The highest BCUT2D eigenvalue weighted by molar-refractivity contribution is 7.17. The van der Waals surface area contributed by atoms with E-state index in [0.717, 1.165) is 11.3 Å². The van der Waals surface area contributed by atoms with Gasteiger partial charge in [0.15, 0.2) is 5.13 Å². The molecule has 0 bridgehead atoms. The van der Waals surface area contributed by atoms with Crippen LogP contribution in [0.1, 0.15) is 5.69 Å². The number of aromatic nitrogens is 1. The van der Waals surface area contributed by atoms with Gasteiger partial charge in [-0.2, -0.15) is 0 Å². The molecule has 1 aromatic carbocycles. The lowest BCUT2D eigenvalue weighted by Crippen LogP contribution is -2.16. The van der Waals surface area contributed by atoms with Crippen LogP contribution in [-0.4, -0.2) is 11.1 Å². The third-order valence-electron chi connectivity index (χ3n) is 2.05. The summed E-state index contributed by atoms with van der Waals surface area (Å²) in [6.45, 7) is 1.72. The molecule has 0 saturated heterocycles. The number of rotatable bonds is 2. The summed E-state index contributed by atoms with van der Waals surface area (Å²) in [7, 11) is 0. The van der Waals surface area contributed by atoms with Gasteiger partial charge in [0.25, 0.3) is 0 Å². The first-order valence-corrected chi connectivity index (χ1v) is 6.21. The monoisotopic (exact) mass is 283 g/mol. The third kappa shape index (κ3) is 3.12. The van der Waals surface area contributed by atoms with Crippen LogP contribution in [0.25, 0.3) is 0 Å². The van der Waals surface area contributed by atoms with E-state index < -0.39 is 6.09 Å². The highest BCUT2D eigenvalue weighted by Gasteiger charge is 2.11. The quantitative estimate of drug-likeness (QED) is 0.886. The van der Waals surface area contributed by atoms with Gasteiger partial charge >= 0.3 is 6.09 Å². The van der Waals surface area contributed by atoms with Crippen molar-refractivity contribution in [3.05, 3.63) is 35.0 Å². The predicted octanol–water partition coefficient (Wildman–Crippen LogP) is 3.30. The van der Waals surface area contributed by atoms with Crippen molar-refractivity contribution >= 4 is 39.8 Å². The molecule has 2 aromatic rings. The molecule has 2 rings (SSSR count). The molecule has 0 aliphatic heterocycles. The number of anilines is 2. The van der Waals surface area contributed by atoms with Gasteiger partial charge in [0.1, 0.15) is 0 Å². The minimum atomic E-state index is -0.593. The van der Waals surface area contributed by atoms with E-state index in [0.29, 0.717) is 26.6 Å². The van der Waals surface area contributed by atoms with E-state index >= 15 is 0 Å². The minimum absolute atomic E-state index is 0.363. The van der Waals surface area contributed by atoms with E-state index in [1.807, 2.05) is 0 Å². The second-order valence-corrected chi connectivity index (χ2v) is 4.88. The number of nitrogens with zero attached hydrogens (tertiary/aromatic N) is 1. The normalized spacial score (nSPS) is 10.1. The average Bonchev–Trinajstić information content (AvgIpc) is 2.61. The summed E-state index contributed by atoms with van der Waals surface area (Å²) >= 11 is 6.86. The number of carbonyl (C=O) groups is 1. The minimum Gasteiger partial charge on any atom is -0.397 e. The molecule has 1 aromatic heterocycles. The number of nitrogens with one attached hydrogen (secondary N) is 1. The SMILES string of the molecule is Cc1nc(N)sc1OC(=O)Nc1ccc(Cl)cc1. The Balaban J connectivity index is 2.01. The molecule has 0 fully saturated rings. The third-order valence-corrected chi connectivity index (χ3v) is 3.16. The molecule has 0 spiro atoms. The van der Waals surface area contributed by atoms with E-state index in [-0.39, 0.29) is 0 Å². The molecule has 1 amide bonds. The van der Waals surface area contributed by atoms with Crippen LogP contribution in [0.3, 0.4) is 0 Å². The van der Waals surface area contributed by atoms with E-state index in [9.17, 15) is 4.79 Å². The maximum Gasteiger partial charge on any atom is 0.417 e. The summed E-state index contributed by atoms with van der Waals surface area (Å²) in [6.07, 6.45) is -0.593. The first-order chi connectivity index (χ1) is 8.54. The largest absolute Gasteiger partial charge is 0.417 e. The fourth-order valence-corrected chi connectivity index (χ4v) is 2.07. The summed E-state index contributed by atoms with van der Waals surface area (Å²) < 4.78 is 5.09. The number of nitrogens with two attached hydrogens (primary N) is 1. The molecule has 0 unspecified atom stereocenters. The number of amides is 1. The summed E-state index contributed by atoms with van der Waals surface area (Å²) in [5.74, 6) is 0. The molecule has 94 valence electrons. The van der Waals surface area contributed by atoms with E-state index in [1.54, 1.807) is 31.2 Å². The molecule has 0 saturated carbocycles. The molecule has 1 heterocycles. The molecule has 7 heteroatoms. The number of ether oxygens (including phenoxy) is 1. The van der Waals surface area contributed by atoms with Crippen LogP contribution in [0, 0.1) is 6.92 Å². The van der Waals surface area contributed by atoms with Gasteiger partial charge in [-0.1, -0.05) is 22.9 Å². The molecule has 5 nitrogen and oxygen atoms in total. The Labute approximate surface area is 113 Å². The average molecular weight is 284 g/mol. The summed E-state index contributed by atoms with van der Waals surface area (Å²) in [6, 6.07) is 6.70. The molecule has 0 aliphatic rings. The van der Waals surface area contributed by atoms with E-state index in [2.05, 4.69) is 10.3 Å². The van der Waals surface area contributed by atoms with Crippen LogP contribution in [-0.2, 0) is 0 Å². The van der Waals surface area contributed by atoms with Gasteiger partial charge in [-0.15, -0.1) is 0 Å². The van der Waals surface area contributed by atoms with Crippen molar-refractivity contribution in [2.75, 3.05) is 11.1 Å². The topological polar surface area (TPSA) is 77.2 Å². The Morgan fingerprint density at radius 1 is 1.44 bits per heavy atom. The lowest BCUT2D eigenvalue weighted by atomic mass is 10.3. The first-order valence-electron chi connectivity index (χ1n) is 5.02. The fraction of sp³-hybridized carbons (Fsp3) is 0.0909. The molecule has 0 radical (unpaired) electrons. The van der Waals surface area contributed by atoms with Gasteiger partial charge in [-0.05, 0) is 31.2 Å². The number of carbonyl (C=O) groups excluding carboxylic acids is 1. The fourth-order valence-electron chi connectivity index (χ4n) is 1.26. The van der Waals surface area contributed by atoms with Crippen LogP contribution in [0.15, 0.2) is 24.3 Å². The maximum atomic E-state index is 11.6. The van der Waals surface area contributed by atoms with Crippen molar-refractivity contribution in [2.45, 2.75) is 6.92 Å². The molecule has 18 heavy (non-hydrogen) atoms. The Kier molecular flexibility index (Phi) is 3.69. The number of halogens is 1. The molecular formula is C11H10ClN3O2S. The van der Waals surface area contributed by atoms with Crippen LogP contribution >= 0.6 is 22.9 Å². The Hall–Kier alpha value is -1.79. The van der Waals surface area contributed by atoms with Crippen LogP contribution in [0.2, 0.25) is 5.02 Å². The van der Waals surface area contributed by atoms with Crippen molar-refractivity contribution < 1.29 is 9.53 Å². The van der Waals surface area contributed by atoms with Crippen LogP contribution in [0.5, 0.6) is 5.06 Å². The standard InChI is InChI=1S/C11H10ClN3O2S/c1-6-9(18-10(13)14-6)17-11(16)15-8-4-2-7(12)3-5-8/h2-5H,1H3,(H2,13,14)(H,15,16). The zero-order valence-electron chi connectivity index (χ0n) is 9.44. The number of thiazole rings is 1. The smallest absolute Gasteiger partial charge is 0.397 e. The highest BCUT2D eigenvalue weighted by atomic mass is 35.5. The van der Waals surface area contributed by atoms with Crippen LogP contribution in [0.4, 0.5) is 15.6 Å². The number of benzene rings is 1. The lowest BCUT2D eigenvalue weighted by molar-refractivity contribution is 0.216. The van der Waals surface area contributed by atoms with Crippen LogP contribution < -0.4 is 15.8 Å². The summed E-state index contributed by atoms with van der Waals surface area (Å²) in [5, 5.41) is 3.92. The van der Waals surface area contributed by atoms with E-state index in [1.165, 1.54) is 0 Å². The maximum absolute atomic E-state index is 11.6. The molecule has 3 N–H and O–H groups in total. The summed E-state index contributed by atoms with van der Waals surface area (Å²) in [5.41, 5.74) is 6.69. The van der Waals surface area contributed by atoms with E-state index in [4.69, 9.17) is 22.1 Å². The lowest BCUT2D eigenvalue weighted by Gasteiger charge is -2.05. The number of aryl methyl sites for hydroxylation is 1. The van der Waals surface area contributed by atoms with Crippen molar-refractivity contribution in [3.63, 3.8) is 0 Å². The van der Waals surface area contributed by atoms with Gasteiger partial charge in [-0.3, -0.25) is 5.32 Å². The predicted molar refractivity (Wildman–Crippen MR) is 72.4 cm³/mol. The van der Waals surface area contributed by atoms with Crippen molar-refractivity contribution in [3.8, 4) is 5.06 Å². The second-order valence-electron chi connectivity index (χ2n) is 3.45. The van der Waals surface area contributed by atoms with Gasteiger partial charge < -0.3 is 10.5 Å². The zero-order valence-corrected chi connectivity index (χ0v) is 11.0. The van der Waals surface area contributed by atoms with Gasteiger partial charge in [0.05, 0.1) is 5.69 Å². The molecule has 0 aliphatic carbocycles. The Bertz CT molecular complexity index is 568. The first kappa shape index (κ1) is 12.7. The Morgan fingerprint density at radius 2 is 2.11 bits per heavy atom. The highest BCUT2D eigenvalue weighted by Crippen LogP contribution is 2.28. The zero-order chi connectivity index (χ0) is 13.1. The number of hydrogen-bond donors (Lipinski definition) is 2. The van der Waals surface area contributed by atoms with Gasteiger partial charge in [0.2, 0.25) is 5.06 Å². The summed E-state index contributed by atoms with van der Waals surface area (Å²) in [4.78, 5) is 15.6. The number of hydrogen-bond acceptors (Lipinski definition) is 5. The molecular weight excluding hydrogens is 274 g/mol. The van der Waals surface area contributed by atoms with Crippen molar-refractivity contribution in [1.29, 1.82) is 0 Å². The van der Waals surface area contributed by atoms with Crippen molar-refractivity contribution in [2.24, 2.45) is 0 Å². The number of nitrogen functional groups attached to an aromatic ring is 1. The second kappa shape index (κ2) is 5.24.